The molecule has 0 aliphatic carbocycles. The summed E-state index contributed by atoms with van der Waals surface area (Å²) < 4.78 is 0. The van der Waals surface area contributed by atoms with Gasteiger partial charge in [0.2, 0.25) is 5.43 Å². The molecule has 0 bridgehead atoms. The molecule has 0 aliphatic rings. The second-order valence-corrected chi connectivity index (χ2v) is 4.43. The normalized spacial score (nSPS) is 9.96. The molecular formula is C19H27N3O2. The molecule has 0 atom stereocenters. The number of hydrogen-bond donors (Lipinski definition) is 3. The molecule has 0 fully saturated rings. The van der Waals surface area contributed by atoms with Crippen LogP contribution in [0.2, 0.25) is 0 Å². The molecule has 4 N–H and O–H groups in total. The van der Waals surface area contributed by atoms with Gasteiger partial charge in [-0.25, -0.2) is 0 Å². The Bertz CT molecular complexity index is 774. The summed E-state index contributed by atoms with van der Waals surface area (Å²) in [4.78, 5) is 27.2. The summed E-state index contributed by atoms with van der Waals surface area (Å²) in [7, 11) is 0. The van der Waals surface area contributed by atoms with Gasteiger partial charge >= 0.3 is 0 Å². The van der Waals surface area contributed by atoms with Crippen LogP contribution >= 0.6 is 0 Å². The van der Waals surface area contributed by atoms with Gasteiger partial charge in [-0.2, -0.15) is 0 Å². The molecule has 130 valence electrons. The second kappa shape index (κ2) is 10.8. The van der Waals surface area contributed by atoms with Crippen molar-refractivity contribution in [3.8, 4) is 0 Å². The first kappa shape index (κ1) is 21.2. The van der Waals surface area contributed by atoms with E-state index < -0.39 is 5.91 Å². The molecule has 1 amide bonds. The van der Waals surface area contributed by atoms with E-state index in [4.69, 9.17) is 5.73 Å². The zero-order chi connectivity index (χ0) is 18.7. The van der Waals surface area contributed by atoms with Gasteiger partial charge in [0.25, 0.3) is 5.91 Å². The number of aromatic amines is 1. The van der Waals surface area contributed by atoms with Crippen LogP contribution in [-0.4, -0.2) is 10.9 Å². The van der Waals surface area contributed by atoms with E-state index >= 15 is 0 Å². The molecule has 2 aromatic rings. The van der Waals surface area contributed by atoms with E-state index in [1.165, 1.54) is 12.3 Å². The van der Waals surface area contributed by atoms with Crippen molar-refractivity contribution in [1.82, 2.24) is 10.3 Å². The minimum absolute atomic E-state index is 0.0547. The van der Waals surface area contributed by atoms with Crippen molar-refractivity contribution in [2.24, 2.45) is 5.73 Å². The number of rotatable bonds is 3. The molecule has 0 unspecified atom stereocenters. The zero-order valence-electron chi connectivity index (χ0n) is 15.1. The van der Waals surface area contributed by atoms with E-state index in [2.05, 4.69) is 16.9 Å². The number of para-hydroxylation sites is 1. The number of carbonyl (C=O) groups is 1. The lowest BCUT2D eigenvalue weighted by Crippen LogP contribution is -2.27. The molecule has 5 nitrogen and oxygen atoms in total. The number of carbonyl (C=O) groups excluding carboxylic acids is 1. The highest BCUT2D eigenvalue weighted by Crippen LogP contribution is 2.07. The lowest BCUT2D eigenvalue weighted by atomic mass is 10.1. The van der Waals surface area contributed by atoms with E-state index in [1.54, 1.807) is 25.1 Å². The standard InChI is InChI=1S/C15H15N3O2.2C2H6/c1-9(16)7-10(2)18-15(20)12-8-17-13-6-4-3-5-11(13)14(12)19;2*1-2/h3-8H,1,16H2,2H3,(H,17,19)(H,18,20);2*1-2H3/b10-7+;;. The second-order valence-electron chi connectivity index (χ2n) is 4.43. The smallest absolute Gasteiger partial charge is 0.260 e. The summed E-state index contributed by atoms with van der Waals surface area (Å²) in [5.41, 5.74) is 6.71. The Kier molecular flexibility index (Phi) is 9.56. The molecule has 2 rings (SSSR count). The first-order valence-electron chi connectivity index (χ1n) is 8.03. The van der Waals surface area contributed by atoms with Crippen LogP contribution in [0.25, 0.3) is 10.9 Å². The molecule has 1 aromatic carbocycles. The molecule has 0 radical (unpaired) electrons. The number of pyridine rings is 1. The fourth-order valence-corrected chi connectivity index (χ4v) is 1.90. The summed E-state index contributed by atoms with van der Waals surface area (Å²) in [6.45, 7) is 13.2. The van der Waals surface area contributed by atoms with E-state index in [0.717, 1.165) is 0 Å². The van der Waals surface area contributed by atoms with Crippen LogP contribution in [0, 0.1) is 0 Å². The molecule has 24 heavy (non-hydrogen) atoms. The number of H-pyrrole nitrogens is 1. The number of nitrogens with two attached hydrogens (primary N) is 1. The van der Waals surface area contributed by atoms with Gasteiger partial charge in [0, 0.05) is 28.5 Å². The van der Waals surface area contributed by atoms with E-state index in [9.17, 15) is 9.59 Å². The number of benzene rings is 1. The maximum atomic E-state index is 12.2. The molecule has 0 saturated carbocycles. The van der Waals surface area contributed by atoms with Crippen LogP contribution in [0.3, 0.4) is 0 Å². The van der Waals surface area contributed by atoms with Crippen LogP contribution in [-0.2, 0) is 0 Å². The molecule has 1 heterocycles. The van der Waals surface area contributed by atoms with Crippen LogP contribution in [0.15, 0.2) is 59.3 Å². The number of allylic oxidation sites excluding steroid dienone is 2. The molecule has 5 heteroatoms. The van der Waals surface area contributed by atoms with E-state index in [-0.39, 0.29) is 11.0 Å². The highest BCUT2D eigenvalue weighted by atomic mass is 16.2. The van der Waals surface area contributed by atoms with Crippen molar-refractivity contribution in [3.05, 3.63) is 70.3 Å². The molecule has 1 aromatic heterocycles. The summed E-state index contributed by atoms with van der Waals surface area (Å²) in [5.74, 6) is -0.480. The quantitative estimate of drug-likeness (QED) is 0.750. The van der Waals surface area contributed by atoms with Gasteiger partial charge < -0.3 is 16.0 Å². The minimum Gasteiger partial charge on any atom is -0.399 e. The molecule has 0 spiro atoms. The van der Waals surface area contributed by atoms with Crippen molar-refractivity contribution in [1.29, 1.82) is 0 Å². The Morgan fingerprint density at radius 2 is 1.79 bits per heavy atom. The molecule has 0 saturated heterocycles. The predicted molar refractivity (Wildman–Crippen MR) is 102 cm³/mol. The Balaban J connectivity index is 0.00000123. The maximum absolute atomic E-state index is 12.2. The summed E-state index contributed by atoms with van der Waals surface area (Å²) in [6.07, 6.45) is 2.93. The van der Waals surface area contributed by atoms with Gasteiger partial charge in [0.05, 0.1) is 0 Å². The van der Waals surface area contributed by atoms with Gasteiger partial charge in [-0.05, 0) is 25.1 Å². The van der Waals surface area contributed by atoms with Gasteiger partial charge in [-0.15, -0.1) is 0 Å². The van der Waals surface area contributed by atoms with Gasteiger partial charge in [-0.1, -0.05) is 46.4 Å². The Morgan fingerprint density at radius 1 is 1.21 bits per heavy atom. The van der Waals surface area contributed by atoms with Crippen LogP contribution in [0.5, 0.6) is 0 Å². The highest BCUT2D eigenvalue weighted by Gasteiger charge is 2.12. The van der Waals surface area contributed by atoms with Crippen LogP contribution in [0.4, 0.5) is 0 Å². The van der Waals surface area contributed by atoms with E-state index in [0.29, 0.717) is 22.3 Å². The average Bonchev–Trinajstić information content (AvgIpc) is 2.58. The summed E-state index contributed by atoms with van der Waals surface area (Å²) in [6, 6.07) is 7.03. The Labute approximate surface area is 143 Å². The maximum Gasteiger partial charge on any atom is 0.260 e. The predicted octanol–water partition coefficient (Wildman–Crippen LogP) is 3.69. The highest BCUT2D eigenvalue weighted by molar-refractivity contribution is 5.97. The first-order chi connectivity index (χ1) is 11.5. The number of fused-ring (bicyclic) bond motifs is 1. The number of nitrogens with one attached hydrogen (secondary N) is 2. The lowest BCUT2D eigenvalue weighted by Gasteiger charge is -2.06. The Morgan fingerprint density at radius 3 is 2.38 bits per heavy atom. The number of hydrogen-bond acceptors (Lipinski definition) is 3. The largest absolute Gasteiger partial charge is 0.399 e. The topological polar surface area (TPSA) is 88.0 Å². The van der Waals surface area contributed by atoms with Crippen molar-refractivity contribution >= 4 is 16.8 Å². The summed E-state index contributed by atoms with van der Waals surface area (Å²) in [5, 5.41) is 3.07. The zero-order valence-corrected chi connectivity index (χ0v) is 15.1. The van der Waals surface area contributed by atoms with Gasteiger partial charge in [-0.3, -0.25) is 9.59 Å². The first-order valence-corrected chi connectivity index (χ1v) is 8.03. The lowest BCUT2D eigenvalue weighted by molar-refractivity contribution is 0.0965. The monoisotopic (exact) mass is 329 g/mol. The van der Waals surface area contributed by atoms with Crippen LogP contribution < -0.4 is 16.5 Å². The number of aromatic nitrogens is 1. The SMILES string of the molecule is C=C(N)/C=C(\C)NC(=O)c1c[nH]c2ccccc2c1=O.CC.CC. The minimum atomic E-state index is -0.480. The third kappa shape index (κ3) is 5.76. The average molecular weight is 329 g/mol. The van der Waals surface area contributed by atoms with Crippen molar-refractivity contribution in [3.63, 3.8) is 0 Å². The van der Waals surface area contributed by atoms with Crippen molar-refractivity contribution in [2.45, 2.75) is 34.6 Å². The van der Waals surface area contributed by atoms with E-state index in [1.807, 2.05) is 33.8 Å². The Hall–Kier alpha value is -2.82. The number of amides is 1. The van der Waals surface area contributed by atoms with Crippen molar-refractivity contribution < 1.29 is 4.79 Å². The van der Waals surface area contributed by atoms with Crippen molar-refractivity contribution in [2.75, 3.05) is 0 Å². The van der Waals surface area contributed by atoms with Gasteiger partial charge in [0.1, 0.15) is 5.56 Å². The fraction of sp³-hybridized carbons (Fsp3) is 0.263. The summed E-state index contributed by atoms with van der Waals surface area (Å²) >= 11 is 0. The van der Waals surface area contributed by atoms with Gasteiger partial charge in [0.15, 0.2) is 0 Å². The fourth-order valence-electron chi connectivity index (χ4n) is 1.90. The van der Waals surface area contributed by atoms with Crippen LogP contribution in [0.1, 0.15) is 45.0 Å². The third-order valence-corrected chi connectivity index (χ3v) is 2.75. The third-order valence-electron chi connectivity index (χ3n) is 2.75. The molecular weight excluding hydrogens is 302 g/mol. The molecule has 0 aliphatic heterocycles.